The summed E-state index contributed by atoms with van der Waals surface area (Å²) in [6, 6.07) is 9.28. The first-order chi connectivity index (χ1) is 11.9. The molecule has 2 aromatic rings. The minimum atomic E-state index is -0.546. The number of carbonyl (C=O) groups excluding carboxylic acids is 1. The maximum absolute atomic E-state index is 11.5. The molecule has 0 heterocycles. The Balaban J connectivity index is 2.17. The zero-order valence-electron chi connectivity index (χ0n) is 13.4. The van der Waals surface area contributed by atoms with Gasteiger partial charge in [-0.1, -0.05) is 6.92 Å². The standard InChI is InChI=1S/C17H16BrN3O4/c1-2-3-16(22)20-13-6-4-12(5-7-13)19-10-11-8-14(21(24)25)9-15(18)17(11)23/h4-10,23H,2-3H2,1H3,(H,20,22). The van der Waals surface area contributed by atoms with E-state index in [0.29, 0.717) is 17.8 Å². The van der Waals surface area contributed by atoms with Gasteiger partial charge in [-0.3, -0.25) is 19.9 Å². The molecule has 1 amide bonds. The van der Waals surface area contributed by atoms with Crippen molar-refractivity contribution in [1.82, 2.24) is 0 Å². The Morgan fingerprint density at radius 2 is 2.04 bits per heavy atom. The van der Waals surface area contributed by atoms with Gasteiger partial charge in [-0.05, 0) is 46.6 Å². The predicted octanol–water partition coefficient (Wildman–Crippen LogP) is 4.55. The zero-order valence-corrected chi connectivity index (χ0v) is 15.0. The van der Waals surface area contributed by atoms with Crippen molar-refractivity contribution in [2.45, 2.75) is 19.8 Å². The van der Waals surface area contributed by atoms with E-state index in [4.69, 9.17) is 0 Å². The number of amides is 1. The normalized spacial score (nSPS) is 10.8. The summed E-state index contributed by atoms with van der Waals surface area (Å²) in [5.41, 5.74) is 1.32. The first-order valence-corrected chi connectivity index (χ1v) is 8.31. The van der Waals surface area contributed by atoms with Crippen LogP contribution in [0.5, 0.6) is 5.75 Å². The lowest BCUT2D eigenvalue weighted by atomic mass is 10.2. The number of phenols is 1. The first kappa shape index (κ1) is 18.6. The molecule has 25 heavy (non-hydrogen) atoms. The van der Waals surface area contributed by atoms with Crippen LogP contribution in [-0.2, 0) is 4.79 Å². The van der Waals surface area contributed by atoms with Crippen molar-refractivity contribution in [3.8, 4) is 5.75 Å². The van der Waals surface area contributed by atoms with Gasteiger partial charge in [0, 0.05) is 36.0 Å². The van der Waals surface area contributed by atoms with Crippen LogP contribution in [0.15, 0.2) is 45.9 Å². The topological polar surface area (TPSA) is 105 Å². The number of nitrogens with one attached hydrogen (secondary N) is 1. The molecule has 8 heteroatoms. The molecule has 2 rings (SSSR count). The van der Waals surface area contributed by atoms with Gasteiger partial charge < -0.3 is 10.4 Å². The summed E-state index contributed by atoms with van der Waals surface area (Å²) in [4.78, 5) is 26.1. The molecule has 0 spiro atoms. The van der Waals surface area contributed by atoms with Crippen molar-refractivity contribution in [3.05, 3.63) is 56.5 Å². The molecule has 2 aromatic carbocycles. The average Bonchev–Trinajstić information content (AvgIpc) is 2.57. The summed E-state index contributed by atoms with van der Waals surface area (Å²) in [7, 11) is 0. The molecule has 0 aliphatic heterocycles. The number of hydrogen-bond donors (Lipinski definition) is 2. The van der Waals surface area contributed by atoms with Crippen LogP contribution in [0.4, 0.5) is 17.1 Å². The summed E-state index contributed by atoms with van der Waals surface area (Å²) < 4.78 is 0.220. The van der Waals surface area contributed by atoms with Gasteiger partial charge in [0.2, 0.25) is 5.91 Å². The fraction of sp³-hybridized carbons (Fsp3) is 0.176. The summed E-state index contributed by atoms with van der Waals surface area (Å²) in [6.07, 6.45) is 2.58. The minimum absolute atomic E-state index is 0.0508. The Morgan fingerprint density at radius 1 is 1.36 bits per heavy atom. The molecular weight excluding hydrogens is 390 g/mol. The molecule has 0 atom stereocenters. The van der Waals surface area contributed by atoms with Crippen molar-refractivity contribution in [1.29, 1.82) is 0 Å². The molecule has 0 bridgehead atoms. The van der Waals surface area contributed by atoms with Crippen LogP contribution in [-0.4, -0.2) is 22.2 Å². The van der Waals surface area contributed by atoms with Crippen LogP contribution >= 0.6 is 15.9 Å². The molecule has 2 N–H and O–H groups in total. The largest absolute Gasteiger partial charge is 0.506 e. The number of anilines is 1. The third-order valence-corrected chi connectivity index (χ3v) is 3.87. The van der Waals surface area contributed by atoms with E-state index in [9.17, 15) is 20.0 Å². The average molecular weight is 406 g/mol. The lowest BCUT2D eigenvalue weighted by Crippen LogP contribution is -2.10. The summed E-state index contributed by atoms with van der Waals surface area (Å²) in [5, 5.41) is 23.6. The van der Waals surface area contributed by atoms with Crippen molar-refractivity contribution < 1.29 is 14.8 Å². The molecule has 0 unspecified atom stereocenters. The Labute approximate surface area is 152 Å². The van der Waals surface area contributed by atoms with Gasteiger partial charge in [-0.25, -0.2) is 0 Å². The lowest BCUT2D eigenvalue weighted by Gasteiger charge is -2.04. The van der Waals surface area contributed by atoms with Gasteiger partial charge in [0.05, 0.1) is 15.1 Å². The quantitative estimate of drug-likeness (QED) is 0.417. The van der Waals surface area contributed by atoms with E-state index in [1.54, 1.807) is 24.3 Å². The Morgan fingerprint density at radius 3 is 2.64 bits per heavy atom. The molecular formula is C17H16BrN3O4. The summed E-state index contributed by atoms with van der Waals surface area (Å²) >= 11 is 3.08. The predicted molar refractivity (Wildman–Crippen MR) is 99.7 cm³/mol. The van der Waals surface area contributed by atoms with E-state index in [1.165, 1.54) is 18.3 Å². The monoisotopic (exact) mass is 405 g/mol. The molecule has 0 aromatic heterocycles. The van der Waals surface area contributed by atoms with Crippen LogP contribution in [0.3, 0.4) is 0 Å². The van der Waals surface area contributed by atoms with Crippen molar-refractivity contribution in [3.63, 3.8) is 0 Å². The summed E-state index contributed by atoms with van der Waals surface area (Å²) in [5.74, 6) is -0.178. The van der Waals surface area contributed by atoms with E-state index in [2.05, 4.69) is 26.2 Å². The highest BCUT2D eigenvalue weighted by Gasteiger charge is 2.13. The van der Waals surface area contributed by atoms with E-state index in [0.717, 1.165) is 6.42 Å². The molecule has 7 nitrogen and oxygen atoms in total. The second-order valence-electron chi connectivity index (χ2n) is 5.23. The number of aliphatic imine (C=N–C) groups is 1. The van der Waals surface area contributed by atoms with Crippen LogP contribution in [0.25, 0.3) is 0 Å². The van der Waals surface area contributed by atoms with E-state index in [-0.39, 0.29) is 27.4 Å². The molecule has 0 fully saturated rings. The maximum atomic E-state index is 11.5. The van der Waals surface area contributed by atoms with Gasteiger partial charge in [-0.2, -0.15) is 0 Å². The van der Waals surface area contributed by atoms with Crippen LogP contribution in [0.2, 0.25) is 0 Å². The van der Waals surface area contributed by atoms with Crippen LogP contribution in [0.1, 0.15) is 25.3 Å². The Kier molecular flexibility index (Phi) is 6.24. The number of hydrogen-bond acceptors (Lipinski definition) is 5. The fourth-order valence-corrected chi connectivity index (χ4v) is 2.50. The molecule has 0 aliphatic carbocycles. The highest BCUT2D eigenvalue weighted by atomic mass is 79.9. The van der Waals surface area contributed by atoms with Crippen molar-refractivity contribution in [2.75, 3.05) is 5.32 Å². The van der Waals surface area contributed by atoms with E-state index < -0.39 is 4.92 Å². The van der Waals surface area contributed by atoms with Crippen molar-refractivity contribution in [2.24, 2.45) is 4.99 Å². The number of nitro benzene ring substituents is 1. The third-order valence-electron chi connectivity index (χ3n) is 3.27. The molecule has 130 valence electrons. The van der Waals surface area contributed by atoms with Crippen LogP contribution in [0, 0.1) is 10.1 Å². The number of aromatic hydroxyl groups is 1. The minimum Gasteiger partial charge on any atom is -0.506 e. The maximum Gasteiger partial charge on any atom is 0.271 e. The zero-order chi connectivity index (χ0) is 18.4. The Hall–Kier alpha value is -2.74. The van der Waals surface area contributed by atoms with Gasteiger partial charge >= 0.3 is 0 Å². The number of non-ortho nitro benzene ring substituents is 1. The smallest absolute Gasteiger partial charge is 0.271 e. The molecule has 0 saturated carbocycles. The van der Waals surface area contributed by atoms with Crippen molar-refractivity contribution >= 4 is 45.1 Å². The SMILES string of the molecule is CCCC(=O)Nc1ccc(N=Cc2cc([N+](=O)[O-])cc(Br)c2O)cc1. The van der Waals surface area contributed by atoms with Gasteiger partial charge in [0.1, 0.15) is 5.75 Å². The number of carbonyl (C=O) groups is 1. The highest BCUT2D eigenvalue weighted by Crippen LogP contribution is 2.32. The molecule has 0 radical (unpaired) electrons. The number of nitrogens with zero attached hydrogens (tertiary/aromatic N) is 2. The number of rotatable bonds is 6. The second-order valence-corrected chi connectivity index (χ2v) is 6.08. The van der Waals surface area contributed by atoms with Crippen LogP contribution < -0.4 is 5.32 Å². The fourth-order valence-electron chi connectivity index (χ4n) is 2.03. The van der Waals surface area contributed by atoms with Gasteiger partial charge in [0.15, 0.2) is 0 Å². The lowest BCUT2D eigenvalue weighted by molar-refractivity contribution is -0.385. The number of phenolic OH excluding ortho intramolecular Hbond substituents is 1. The number of halogens is 1. The molecule has 0 saturated heterocycles. The summed E-state index contributed by atoms with van der Waals surface area (Å²) in [6.45, 7) is 1.93. The Bertz CT molecular complexity index is 819. The number of nitro groups is 1. The van der Waals surface area contributed by atoms with E-state index >= 15 is 0 Å². The number of benzene rings is 2. The van der Waals surface area contributed by atoms with Gasteiger partial charge in [0.25, 0.3) is 5.69 Å². The third kappa shape index (κ3) is 5.12. The molecule has 0 aliphatic rings. The van der Waals surface area contributed by atoms with E-state index in [1.807, 2.05) is 6.92 Å². The van der Waals surface area contributed by atoms with Gasteiger partial charge in [-0.15, -0.1) is 0 Å². The first-order valence-electron chi connectivity index (χ1n) is 7.51. The highest BCUT2D eigenvalue weighted by molar-refractivity contribution is 9.10. The second kappa shape index (κ2) is 8.39.